The van der Waals surface area contributed by atoms with Gasteiger partial charge in [-0.1, -0.05) is 36.4 Å². The number of benzene rings is 1. The minimum Gasteiger partial charge on any atom is -0.354 e. The number of rotatable bonds is 14. The maximum absolute atomic E-state index is 13.2. The number of hydrogen-bond acceptors (Lipinski definition) is 5. The van der Waals surface area contributed by atoms with E-state index in [9.17, 15) is 24.0 Å². The smallest absolute Gasteiger partial charge is 0.312 e. The molecule has 10 nitrogen and oxygen atoms in total. The highest BCUT2D eigenvalue weighted by Gasteiger charge is 2.29. The molecule has 0 aliphatic heterocycles. The number of urea groups is 1. The van der Waals surface area contributed by atoms with Crippen molar-refractivity contribution in [3.63, 3.8) is 0 Å². The van der Waals surface area contributed by atoms with E-state index in [2.05, 4.69) is 21.3 Å². The molecule has 0 heterocycles. The Morgan fingerprint density at radius 3 is 2.26 bits per heavy atom. The molecule has 0 aromatic heterocycles. The van der Waals surface area contributed by atoms with Crippen molar-refractivity contribution < 1.29 is 25.3 Å². The summed E-state index contributed by atoms with van der Waals surface area (Å²) < 4.78 is 7.73. The summed E-state index contributed by atoms with van der Waals surface area (Å²) >= 11 is 1.95. The number of alkyl halides is 1. The fraction of sp³-hybridized carbons (Fsp3) is 0.542. The zero-order chi connectivity index (χ0) is 27.3. The van der Waals surface area contributed by atoms with E-state index in [-0.39, 0.29) is 49.4 Å². The molecule has 35 heavy (non-hydrogen) atoms. The normalized spacial score (nSPS) is 13.7. The third kappa shape index (κ3) is 11.5. The number of amides is 5. The van der Waals surface area contributed by atoms with Gasteiger partial charge >= 0.3 is 6.03 Å². The van der Waals surface area contributed by atoms with E-state index >= 15 is 0 Å². The van der Waals surface area contributed by atoms with Gasteiger partial charge in [0.15, 0.2) is 5.78 Å². The molecule has 1 rings (SSSR count). The Labute approximate surface area is 221 Å². The first kappa shape index (κ1) is 28.5. The molecule has 0 bridgehead atoms. The Morgan fingerprint density at radius 2 is 1.71 bits per heavy atom. The van der Waals surface area contributed by atoms with Crippen molar-refractivity contribution in [3.8, 4) is 0 Å². The van der Waals surface area contributed by atoms with Gasteiger partial charge in [0, 0.05) is 37.5 Å². The third-order valence-corrected chi connectivity index (χ3v) is 5.78. The molecule has 6 N–H and O–H groups in total. The minimum absolute atomic E-state index is 0.000848. The van der Waals surface area contributed by atoms with E-state index in [0.717, 1.165) is 0 Å². The number of nitrogens with one attached hydrogen (secondary N) is 4. The number of Topliss-reactive ketones (excluding diaryl/α,β-unsaturated/α-hetero) is 1. The molecule has 1 aromatic rings. The number of primary amides is 1. The van der Waals surface area contributed by atoms with Crippen LogP contribution in [0.4, 0.5) is 10.5 Å². The lowest BCUT2D eigenvalue weighted by Crippen LogP contribution is -2.46. The lowest BCUT2D eigenvalue weighted by atomic mass is 9.89. The van der Waals surface area contributed by atoms with Gasteiger partial charge in [-0.25, -0.2) is 4.79 Å². The van der Waals surface area contributed by atoms with Crippen LogP contribution in [0.2, 0.25) is 0 Å². The fourth-order valence-corrected chi connectivity index (χ4v) is 3.55. The standard InChI is InChI=1S/C24H36IN5O5/c1-14(2)21(30-22(33)16-7-9-18(10-8-16)29-20(32)13-25)19(31)12-17(23(34)28-15(3)4)6-5-11-27-24(26)35/h7-10,14-15,17,21H,5-6,11-13H2,1-4H3,(H,28,34)(H,29,32)(H,30,33)(H3,26,27,35)/t17-,21+/m1/s1/i3D/t15-,17-,21+. The second kappa shape index (κ2) is 15.3. The lowest BCUT2D eigenvalue weighted by molar-refractivity contribution is -0.131. The van der Waals surface area contributed by atoms with Gasteiger partial charge in [0.05, 0.1) is 10.5 Å². The molecule has 0 saturated heterocycles. The van der Waals surface area contributed by atoms with E-state index in [1.165, 1.54) is 0 Å². The number of carbonyl (C=O) groups excluding carboxylic acids is 5. The third-order valence-electron chi connectivity index (χ3n) is 5.09. The summed E-state index contributed by atoms with van der Waals surface area (Å²) in [6.07, 6.45) is 0.659. The van der Waals surface area contributed by atoms with Crippen LogP contribution in [-0.4, -0.2) is 52.6 Å². The lowest BCUT2D eigenvalue weighted by Gasteiger charge is -2.24. The topological polar surface area (TPSA) is 159 Å². The summed E-state index contributed by atoms with van der Waals surface area (Å²) in [6, 6.07) is 4.48. The van der Waals surface area contributed by atoms with Crippen molar-refractivity contribution in [1.29, 1.82) is 0 Å². The molecule has 0 radical (unpaired) electrons. The SMILES string of the molecule is [2H]C[C@H](C)NC(=O)[C@H](CCCNC(N)=O)CC(=O)[C@@H](NC(=O)c1ccc(NC(=O)CI)cc1)C(C)C. The summed E-state index contributed by atoms with van der Waals surface area (Å²) in [6.45, 7) is 5.58. The Kier molecular flexibility index (Phi) is 12.5. The Morgan fingerprint density at radius 1 is 1.06 bits per heavy atom. The van der Waals surface area contributed by atoms with Crippen LogP contribution in [0.25, 0.3) is 0 Å². The first-order valence-corrected chi connectivity index (χ1v) is 12.9. The van der Waals surface area contributed by atoms with E-state index < -0.39 is 23.9 Å². The van der Waals surface area contributed by atoms with Crippen LogP contribution >= 0.6 is 22.6 Å². The van der Waals surface area contributed by atoms with E-state index in [1.807, 2.05) is 22.6 Å². The van der Waals surface area contributed by atoms with Crippen LogP contribution in [-0.2, 0) is 14.4 Å². The molecule has 11 heteroatoms. The Bertz CT molecular complexity index is 913. The number of carbonyl (C=O) groups is 5. The van der Waals surface area contributed by atoms with Crippen molar-refractivity contribution in [3.05, 3.63) is 29.8 Å². The van der Waals surface area contributed by atoms with Gasteiger partial charge in [-0.05, 0) is 56.8 Å². The van der Waals surface area contributed by atoms with Gasteiger partial charge in [0.2, 0.25) is 11.8 Å². The van der Waals surface area contributed by atoms with Crippen molar-refractivity contribution in [2.24, 2.45) is 17.6 Å². The summed E-state index contributed by atoms with van der Waals surface area (Å²) in [5.74, 6) is -2.13. The number of hydrogen-bond donors (Lipinski definition) is 5. The van der Waals surface area contributed by atoms with Gasteiger partial charge in [-0.15, -0.1) is 0 Å². The van der Waals surface area contributed by atoms with Gasteiger partial charge < -0.3 is 27.0 Å². The largest absolute Gasteiger partial charge is 0.354 e. The van der Waals surface area contributed by atoms with Crippen LogP contribution in [0.3, 0.4) is 0 Å². The Balaban J connectivity index is 2.90. The second-order valence-electron chi connectivity index (χ2n) is 8.66. The molecular formula is C24H36IN5O5. The zero-order valence-corrected chi connectivity index (χ0v) is 22.5. The molecule has 0 saturated carbocycles. The van der Waals surface area contributed by atoms with Gasteiger partial charge in [-0.3, -0.25) is 19.2 Å². The number of ketones is 1. The maximum atomic E-state index is 13.2. The van der Waals surface area contributed by atoms with Crippen molar-refractivity contribution in [1.82, 2.24) is 16.0 Å². The average molecular weight is 602 g/mol. The molecule has 194 valence electrons. The minimum atomic E-state index is -0.816. The molecule has 0 fully saturated rings. The second-order valence-corrected chi connectivity index (χ2v) is 9.43. The van der Waals surface area contributed by atoms with Crippen LogP contribution in [0.1, 0.15) is 58.7 Å². The predicted octanol–water partition coefficient (Wildman–Crippen LogP) is 2.36. The fourth-order valence-electron chi connectivity index (χ4n) is 3.36. The van der Waals surface area contributed by atoms with Crippen molar-refractivity contribution in [2.75, 3.05) is 16.3 Å². The molecule has 1 aromatic carbocycles. The van der Waals surface area contributed by atoms with Crippen LogP contribution in [0, 0.1) is 11.8 Å². The number of halogens is 1. The van der Waals surface area contributed by atoms with E-state index in [0.29, 0.717) is 28.5 Å². The first-order valence-electron chi connectivity index (χ1n) is 12.1. The summed E-state index contributed by atoms with van der Waals surface area (Å²) in [4.78, 5) is 61.2. The van der Waals surface area contributed by atoms with Crippen LogP contribution in [0.15, 0.2) is 24.3 Å². The molecule has 3 atom stereocenters. The summed E-state index contributed by atoms with van der Waals surface area (Å²) in [7, 11) is 0. The van der Waals surface area contributed by atoms with Gasteiger partial charge in [-0.2, -0.15) is 0 Å². The van der Waals surface area contributed by atoms with E-state index in [1.54, 1.807) is 45.0 Å². The average Bonchev–Trinajstić information content (AvgIpc) is 2.83. The van der Waals surface area contributed by atoms with Crippen LogP contribution < -0.4 is 27.0 Å². The Hall–Kier alpha value is -2.70. The predicted molar refractivity (Wildman–Crippen MR) is 143 cm³/mol. The monoisotopic (exact) mass is 602 g/mol. The highest BCUT2D eigenvalue weighted by molar-refractivity contribution is 14.1. The summed E-state index contributed by atoms with van der Waals surface area (Å²) in [5, 5.41) is 10.7. The van der Waals surface area contributed by atoms with Crippen molar-refractivity contribution >= 4 is 57.8 Å². The van der Waals surface area contributed by atoms with Gasteiger partial charge in [0.25, 0.3) is 5.91 Å². The van der Waals surface area contributed by atoms with Gasteiger partial charge in [0.1, 0.15) is 0 Å². The molecular weight excluding hydrogens is 565 g/mol. The molecule has 0 unspecified atom stereocenters. The zero-order valence-electron chi connectivity index (χ0n) is 21.4. The highest BCUT2D eigenvalue weighted by Crippen LogP contribution is 2.17. The molecule has 5 amide bonds. The molecule has 0 spiro atoms. The van der Waals surface area contributed by atoms with Crippen LogP contribution in [0.5, 0.6) is 0 Å². The highest BCUT2D eigenvalue weighted by atomic mass is 127. The number of nitrogens with two attached hydrogens (primary N) is 1. The summed E-state index contributed by atoms with van der Waals surface area (Å²) in [5.41, 5.74) is 5.97. The van der Waals surface area contributed by atoms with Crippen molar-refractivity contribution in [2.45, 2.75) is 59.0 Å². The maximum Gasteiger partial charge on any atom is 0.312 e. The van der Waals surface area contributed by atoms with E-state index in [4.69, 9.17) is 7.10 Å². The molecule has 0 aliphatic rings. The first-order chi connectivity index (χ1) is 17.0. The molecule has 0 aliphatic carbocycles. The quantitative estimate of drug-likeness (QED) is 0.125. The number of anilines is 1.